The van der Waals surface area contributed by atoms with E-state index in [-0.39, 0.29) is 0 Å². The number of nitrogen functional groups attached to an aromatic ring is 1. The van der Waals surface area contributed by atoms with Crippen molar-refractivity contribution in [2.75, 3.05) is 5.73 Å². The van der Waals surface area contributed by atoms with Crippen molar-refractivity contribution in [1.29, 1.82) is 0 Å². The Balaban J connectivity index is 2.64. The molecule has 0 aromatic carbocycles. The average molecular weight is 200 g/mol. The first kappa shape index (κ1) is 9.58. The van der Waals surface area contributed by atoms with E-state index in [1.54, 1.807) is 12.4 Å². The predicted molar refractivity (Wildman–Crippen MR) is 59.1 cm³/mol. The molecule has 2 aromatic rings. The maximum atomic E-state index is 5.88. The molecule has 0 saturated heterocycles. The van der Waals surface area contributed by atoms with Gasteiger partial charge >= 0.3 is 0 Å². The molecule has 0 aliphatic heterocycles. The Bertz CT molecular complexity index is 456. The third-order valence-electron chi connectivity index (χ3n) is 2.20. The van der Waals surface area contributed by atoms with Crippen LogP contribution in [0.15, 0.2) is 24.5 Å². The minimum absolute atomic E-state index is 0.520. The molecule has 0 atom stereocenters. The molecule has 4 heteroatoms. The minimum Gasteiger partial charge on any atom is -0.383 e. The van der Waals surface area contributed by atoms with Crippen LogP contribution >= 0.6 is 0 Å². The van der Waals surface area contributed by atoms with Gasteiger partial charge in [-0.25, -0.2) is 9.97 Å². The molecule has 0 saturated carbocycles. The van der Waals surface area contributed by atoms with Gasteiger partial charge in [0, 0.05) is 18.0 Å². The summed E-state index contributed by atoms with van der Waals surface area (Å²) in [5, 5.41) is 0. The predicted octanol–water partition coefficient (Wildman–Crippen LogP) is 1.74. The molecule has 2 N–H and O–H groups in total. The first-order valence-electron chi connectivity index (χ1n) is 4.69. The van der Waals surface area contributed by atoms with Crippen molar-refractivity contribution >= 4 is 5.82 Å². The maximum absolute atomic E-state index is 5.88. The Labute approximate surface area is 88.2 Å². The Morgan fingerprint density at radius 3 is 2.33 bits per heavy atom. The van der Waals surface area contributed by atoms with Crippen LogP contribution in [0.25, 0.3) is 11.1 Å². The topological polar surface area (TPSA) is 64.7 Å². The summed E-state index contributed by atoms with van der Waals surface area (Å²) in [4.78, 5) is 12.4. The molecule has 2 aromatic heterocycles. The van der Waals surface area contributed by atoms with Crippen LogP contribution in [0.4, 0.5) is 5.82 Å². The van der Waals surface area contributed by atoms with Crippen LogP contribution in [-0.2, 0) is 0 Å². The van der Waals surface area contributed by atoms with Gasteiger partial charge in [-0.15, -0.1) is 0 Å². The fraction of sp³-hybridized carbons (Fsp3) is 0.182. The monoisotopic (exact) mass is 200 g/mol. The summed E-state index contributed by atoms with van der Waals surface area (Å²) in [6.45, 7) is 3.76. The van der Waals surface area contributed by atoms with Crippen molar-refractivity contribution < 1.29 is 0 Å². The highest BCUT2D eigenvalue weighted by Crippen LogP contribution is 2.26. The summed E-state index contributed by atoms with van der Waals surface area (Å²) in [5.74, 6) is 1.22. The standard InChI is InChI=1S/C11H12N4/c1-7-10(9-3-5-13-6-4-9)11(12)15-8(2)14-7/h3-6H,1-2H3,(H2,12,14,15). The zero-order valence-corrected chi connectivity index (χ0v) is 8.73. The van der Waals surface area contributed by atoms with E-state index in [9.17, 15) is 0 Å². The Hall–Kier alpha value is -1.97. The van der Waals surface area contributed by atoms with Crippen LogP contribution in [0.5, 0.6) is 0 Å². The quantitative estimate of drug-likeness (QED) is 0.761. The molecule has 4 nitrogen and oxygen atoms in total. The Kier molecular flexibility index (Phi) is 2.33. The van der Waals surface area contributed by atoms with E-state index in [0.29, 0.717) is 11.6 Å². The zero-order valence-electron chi connectivity index (χ0n) is 8.73. The second-order valence-corrected chi connectivity index (χ2v) is 3.35. The molecule has 0 amide bonds. The lowest BCUT2D eigenvalue weighted by Crippen LogP contribution is -2.02. The number of anilines is 1. The van der Waals surface area contributed by atoms with Crippen LogP contribution in [0.3, 0.4) is 0 Å². The largest absolute Gasteiger partial charge is 0.383 e. The van der Waals surface area contributed by atoms with Gasteiger partial charge in [-0.2, -0.15) is 0 Å². The molecule has 0 radical (unpaired) electrons. The number of aryl methyl sites for hydroxylation is 2. The molecular weight excluding hydrogens is 188 g/mol. The van der Waals surface area contributed by atoms with Crippen molar-refractivity contribution in [2.45, 2.75) is 13.8 Å². The van der Waals surface area contributed by atoms with Crippen LogP contribution in [-0.4, -0.2) is 15.0 Å². The number of hydrogen-bond donors (Lipinski definition) is 1. The number of aromatic nitrogens is 3. The lowest BCUT2D eigenvalue weighted by Gasteiger charge is -2.08. The molecule has 0 bridgehead atoms. The van der Waals surface area contributed by atoms with Crippen LogP contribution in [0.1, 0.15) is 11.5 Å². The molecule has 2 heterocycles. The van der Waals surface area contributed by atoms with Gasteiger partial charge in [0.1, 0.15) is 11.6 Å². The van der Waals surface area contributed by atoms with Gasteiger partial charge in [-0.1, -0.05) is 0 Å². The Morgan fingerprint density at radius 1 is 1.07 bits per heavy atom. The lowest BCUT2D eigenvalue weighted by molar-refractivity contribution is 1.02. The molecule has 0 unspecified atom stereocenters. The molecule has 2 rings (SSSR count). The maximum Gasteiger partial charge on any atom is 0.135 e. The summed E-state index contributed by atoms with van der Waals surface area (Å²) in [7, 11) is 0. The van der Waals surface area contributed by atoms with Crippen LogP contribution in [0, 0.1) is 13.8 Å². The highest BCUT2D eigenvalue weighted by molar-refractivity contribution is 5.75. The molecule has 15 heavy (non-hydrogen) atoms. The summed E-state index contributed by atoms with van der Waals surface area (Å²) < 4.78 is 0. The average Bonchev–Trinajstić information content (AvgIpc) is 2.17. The first-order valence-corrected chi connectivity index (χ1v) is 4.69. The van der Waals surface area contributed by atoms with Crippen molar-refractivity contribution in [3.8, 4) is 11.1 Å². The van der Waals surface area contributed by atoms with E-state index in [4.69, 9.17) is 5.73 Å². The third kappa shape index (κ3) is 1.79. The zero-order chi connectivity index (χ0) is 10.8. The fourth-order valence-electron chi connectivity index (χ4n) is 1.61. The summed E-state index contributed by atoms with van der Waals surface area (Å²) in [5.41, 5.74) is 8.67. The third-order valence-corrected chi connectivity index (χ3v) is 2.20. The normalized spacial score (nSPS) is 10.3. The van der Waals surface area contributed by atoms with Gasteiger partial charge in [-0.3, -0.25) is 4.98 Å². The highest BCUT2D eigenvalue weighted by atomic mass is 14.9. The molecular formula is C11H12N4. The summed E-state index contributed by atoms with van der Waals surface area (Å²) in [6, 6.07) is 3.80. The second-order valence-electron chi connectivity index (χ2n) is 3.35. The van der Waals surface area contributed by atoms with Gasteiger partial charge in [0.05, 0.1) is 5.69 Å². The Morgan fingerprint density at radius 2 is 1.73 bits per heavy atom. The van der Waals surface area contributed by atoms with Crippen molar-refractivity contribution in [2.24, 2.45) is 0 Å². The second kappa shape index (κ2) is 3.65. The van der Waals surface area contributed by atoms with E-state index in [2.05, 4.69) is 15.0 Å². The summed E-state index contributed by atoms with van der Waals surface area (Å²) in [6.07, 6.45) is 3.46. The highest BCUT2D eigenvalue weighted by Gasteiger charge is 2.09. The van der Waals surface area contributed by atoms with E-state index in [0.717, 1.165) is 16.8 Å². The van der Waals surface area contributed by atoms with Crippen molar-refractivity contribution in [3.63, 3.8) is 0 Å². The van der Waals surface area contributed by atoms with E-state index >= 15 is 0 Å². The molecule has 0 fully saturated rings. The first-order chi connectivity index (χ1) is 7.18. The van der Waals surface area contributed by atoms with Crippen molar-refractivity contribution in [3.05, 3.63) is 36.0 Å². The molecule has 0 aliphatic rings. The number of nitrogens with zero attached hydrogens (tertiary/aromatic N) is 3. The number of nitrogens with two attached hydrogens (primary N) is 1. The number of pyridine rings is 1. The van der Waals surface area contributed by atoms with Gasteiger partial charge < -0.3 is 5.73 Å². The summed E-state index contributed by atoms with van der Waals surface area (Å²) >= 11 is 0. The molecule has 0 spiro atoms. The molecule has 0 aliphatic carbocycles. The van der Waals surface area contributed by atoms with Gasteiger partial charge in [-0.05, 0) is 31.5 Å². The molecule has 76 valence electrons. The smallest absolute Gasteiger partial charge is 0.135 e. The van der Waals surface area contributed by atoms with Gasteiger partial charge in [0.15, 0.2) is 0 Å². The van der Waals surface area contributed by atoms with Crippen LogP contribution < -0.4 is 5.73 Å². The minimum atomic E-state index is 0.520. The number of hydrogen-bond acceptors (Lipinski definition) is 4. The van der Waals surface area contributed by atoms with Crippen molar-refractivity contribution in [1.82, 2.24) is 15.0 Å². The lowest BCUT2D eigenvalue weighted by atomic mass is 10.1. The van der Waals surface area contributed by atoms with Gasteiger partial charge in [0.25, 0.3) is 0 Å². The fourth-order valence-corrected chi connectivity index (χ4v) is 1.61. The SMILES string of the molecule is Cc1nc(C)c(-c2ccncc2)c(N)n1. The van der Waals surface area contributed by atoms with E-state index in [1.165, 1.54) is 0 Å². The van der Waals surface area contributed by atoms with Crippen LogP contribution in [0.2, 0.25) is 0 Å². The number of rotatable bonds is 1. The van der Waals surface area contributed by atoms with E-state index in [1.807, 2.05) is 26.0 Å². The van der Waals surface area contributed by atoms with Gasteiger partial charge in [0.2, 0.25) is 0 Å². The van der Waals surface area contributed by atoms with E-state index < -0.39 is 0 Å².